The lowest BCUT2D eigenvalue weighted by Crippen LogP contribution is -2.48. The SMILES string of the molecule is CCNC(=NCc1ncnn1C)NC1CCN(Cc2ccc(F)c(F)c2)CC1. The number of nitrogens with zero attached hydrogens (tertiary/aromatic N) is 5. The highest BCUT2D eigenvalue weighted by Crippen LogP contribution is 2.16. The maximum absolute atomic E-state index is 13.4. The first-order valence-corrected chi connectivity index (χ1v) is 9.59. The molecule has 3 rings (SSSR count). The van der Waals surface area contributed by atoms with Gasteiger partial charge in [-0.05, 0) is 37.5 Å². The van der Waals surface area contributed by atoms with Gasteiger partial charge in [0.05, 0.1) is 0 Å². The molecule has 2 heterocycles. The van der Waals surface area contributed by atoms with Crippen molar-refractivity contribution in [2.75, 3.05) is 19.6 Å². The van der Waals surface area contributed by atoms with Crippen LogP contribution in [-0.4, -0.2) is 51.3 Å². The Morgan fingerprint density at radius 1 is 1.25 bits per heavy atom. The molecular formula is C19H27F2N7. The van der Waals surface area contributed by atoms with Crippen LogP contribution in [0.4, 0.5) is 8.78 Å². The van der Waals surface area contributed by atoms with E-state index in [9.17, 15) is 8.78 Å². The highest BCUT2D eigenvalue weighted by atomic mass is 19.2. The third kappa shape index (κ3) is 5.48. The molecule has 0 spiro atoms. The summed E-state index contributed by atoms with van der Waals surface area (Å²) in [4.78, 5) is 11.0. The van der Waals surface area contributed by atoms with Gasteiger partial charge in [-0.1, -0.05) is 6.07 Å². The van der Waals surface area contributed by atoms with Crippen molar-refractivity contribution in [3.05, 3.63) is 47.5 Å². The molecule has 7 nitrogen and oxygen atoms in total. The number of hydrogen-bond acceptors (Lipinski definition) is 4. The van der Waals surface area contributed by atoms with E-state index in [0.717, 1.165) is 49.8 Å². The molecule has 1 fully saturated rings. The zero-order chi connectivity index (χ0) is 19.9. The third-order valence-corrected chi connectivity index (χ3v) is 4.85. The van der Waals surface area contributed by atoms with E-state index in [1.165, 1.54) is 18.5 Å². The first-order valence-electron chi connectivity index (χ1n) is 9.59. The molecule has 0 aliphatic carbocycles. The summed E-state index contributed by atoms with van der Waals surface area (Å²) in [6.07, 6.45) is 3.43. The number of halogens is 2. The second-order valence-corrected chi connectivity index (χ2v) is 6.94. The summed E-state index contributed by atoms with van der Waals surface area (Å²) in [7, 11) is 1.85. The van der Waals surface area contributed by atoms with Crippen LogP contribution in [0, 0.1) is 11.6 Å². The second-order valence-electron chi connectivity index (χ2n) is 6.94. The van der Waals surface area contributed by atoms with E-state index >= 15 is 0 Å². The number of likely N-dealkylation sites (tertiary alicyclic amines) is 1. The van der Waals surface area contributed by atoms with E-state index in [4.69, 9.17) is 0 Å². The van der Waals surface area contributed by atoms with E-state index < -0.39 is 11.6 Å². The molecule has 1 aromatic heterocycles. The Hall–Kier alpha value is -2.55. The van der Waals surface area contributed by atoms with Gasteiger partial charge in [0.2, 0.25) is 0 Å². The van der Waals surface area contributed by atoms with E-state index in [1.54, 1.807) is 10.7 Å². The number of guanidine groups is 1. The molecule has 0 saturated carbocycles. The molecule has 0 bridgehead atoms. The second kappa shape index (κ2) is 9.59. The first kappa shape index (κ1) is 20.2. The summed E-state index contributed by atoms with van der Waals surface area (Å²) < 4.78 is 28.2. The Morgan fingerprint density at radius 3 is 2.68 bits per heavy atom. The van der Waals surface area contributed by atoms with Crippen LogP contribution in [-0.2, 0) is 20.1 Å². The quantitative estimate of drug-likeness (QED) is 0.581. The monoisotopic (exact) mass is 391 g/mol. The van der Waals surface area contributed by atoms with Crippen LogP contribution in [0.15, 0.2) is 29.5 Å². The van der Waals surface area contributed by atoms with Crippen molar-refractivity contribution in [3.63, 3.8) is 0 Å². The Balaban J connectivity index is 1.50. The van der Waals surface area contributed by atoms with Crippen molar-refractivity contribution in [3.8, 4) is 0 Å². The van der Waals surface area contributed by atoms with E-state index in [2.05, 4.69) is 30.6 Å². The molecular weight excluding hydrogens is 364 g/mol. The van der Waals surface area contributed by atoms with Crippen LogP contribution in [0.2, 0.25) is 0 Å². The third-order valence-electron chi connectivity index (χ3n) is 4.85. The number of benzene rings is 1. The van der Waals surface area contributed by atoms with Gasteiger partial charge in [-0.15, -0.1) is 0 Å². The lowest BCUT2D eigenvalue weighted by atomic mass is 10.0. The summed E-state index contributed by atoms with van der Waals surface area (Å²) in [5.41, 5.74) is 0.795. The van der Waals surface area contributed by atoms with Gasteiger partial charge >= 0.3 is 0 Å². The van der Waals surface area contributed by atoms with Crippen molar-refractivity contribution < 1.29 is 8.78 Å². The zero-order valence-corrected chi connectivity index (χ0v) is 16.3. The van der Waals surface area contributed by atoms with Crippen molar-refractivity contribution in [1.82, 2.24) is 30.3 Å². The number of rotatable bonds is 6. The summed E-state index contributed by atoms with van der Waals surface area (Å²) in [5, 5.41) is 10.8. The number of piperidine rings is 1. The Bertz CT molecular complexity index is 797. The topological polar surface area (TPSA) is 70.4 Å². The predicted molar refractivity (Wildman–Crippen MR) is 104 cm³/mol. The van der Waals surface area contributed by atoms with E-state index in [-0.39, 0.29) is 0 Å². The summed E-state index contributed by atoms with van der Waals surface area (Å²) >= 11 is 0. The minimum atomic E-state index is -0.803. The fraction of sp³-hybridized carbons (Fsp3) is 0.526. The van der Waals surface area contributed by atoms with Crippen molar-refractivity contribution in [2.45, 2.75) is 38.9 Å². The number of nitrogens with one attached hydrogen (secondary N) is 2. The normalized spacial score (nSPS) is 16.4. The lowest BCUT2D eigenvalue weighted by molar-refractivity contribution is 0.198. The van der Waals surface area contributed by atoms with Gasteiger partial charge in [0.1, 0.15) is 18.7 Å². The molecule has 28 heavy (non-hydrogen) atoms. The highest BCUT2D eigenvalue weighted by molar-refractivity contribution is 5.80. The molecule has 1 aliphatic heterocycles. The Kier molecular flexibility index (Phi) is 6.91. The average Bonchev–Trinajstić information content (AvgIpc) is 3.09. The Labute approximate surface area is 163 Å². The van der Waals surface area contributed by atoms with Gasteiger partial charge in [-0.2, -0.15) is 5.10 Å². The molecule has 9 heteroatoms. The molecule has 0 radical (unpaired) electrons. The molecule has 2 aromatic rings. The fourth-order valence-electron chi connectivity index (χ4n) is 3.26. The van der Waals surface area contributed by atoms with Crippen molar-refractivity contribution in [1.29, 1.82) is 0 Å². The van der Waals surface area contributed by atoms with E-state index in [1.807, 2.05) is 14.0 Å². The molecule has 1 aliphatic rings. The molecule has 2 N–H and O–H groups in total. The van der Waals surface area contributed by atoms with Gasteiger partial charge < -0.3 is 10.6 Å². The summed E-state index contributed by atoms with van der Waals surface area (Å²) in [6.45, 7) is 5.67. The number of hydrogen-bond donors (Lipinski definition) is 2. The average molecular weight is 391 g/mol. The lowest BCUT2D eigenvalue weighted by Gasteiger charge is -2.33. The minimum Gasteiger partial charge on any atom is -0.357 e. The predicted octanol–water partition coefficient (Wildman–Crippen LogP) is 1.81. The van der Waals surface area contributed by atoms with Crippen LogP contribution >= 0.6 is 0 Å². The van der Waals surface area contributed by atoms with Gasteiger partial charge in [-0.3, -0.25) is 9.58 Å². The van der Waals surface area contributed by atoms with Gasteiger partial charge in [-0.25, -0.2) is 18.8 Å². The molecule has 0 atom stereocenters. The maximum atomic E-state index is 13.4. The number of aliphatic imine (C=N–C) groups is 1. The van der Waals surface area contributed by atoms with Crippen LogP contribution in [0.5, 0.6) is 0 Å². The van der Waals surface area contributed by atoms with Crippen LogP contribution in [0.1, 0.15) is 31.2 Å². The molecule has 0 unspecified atom stereocenters. The minimum absolute atomic E-state index is 0.318. The number of aryl methyl sites for hydroxylation is 1. The van der Waals surface area contributed by atoms with Gasteiger partial charge in [0.15, 0.2) is 17.6 Å². The smallest absolute Gasteiger partial charge is 0.191 e. The summed E-state index contributed by atoms with van der Waals surface area (Å²) in [6, 6.07) is 4.43. The van der Waals surface area contributed by atoms with Gasteiger partial charge in [0, 0.05) is 39.3 Å². The van der Waals surface area contributed by atoms with Crippen LogP contribution in [0.25, 0.3) is 0 Å². The molecule has 152 valence electrons. The first-order chi connectivity index (χ1) is 13.5. The largest absolute Gasteiger partial charge is 0.357 e. The molecule has 0 amide bonds. The molecule has 1 saturated heterocycles. The van der Waals surface area contributed by atoms with Crippen LogP contribution in [0.3, 0.4) is 0 Å². The van der Waals surface area contributed by atoms with Crippen molar-refractivity contribution in [2.24, 2.45) is 12.0 Å². The number of aromatic nitrogens is 3. The maximum Gasteiger partial charge on any atom is 0.191 e. The standard InChI is InChI=1S/C19H27F2N7/c1-3-22-19(23-11-18-24-13-25-27(18)2)26-15-6-8-28(9-7-15)12-14-4-5-16(20)17(21)10-14/h4-5,10,13,15H,3,6-9,11-12H2,1-2H3,(H2,22,23,26). The summed E-state index contributed by atoms with van der Waals surface area (Å²) in [5.74, 6) is -0.0187. The van der Waals surface area contributed by atoms with E-state index in [0.29, 0.717) is 19.1 Å². The highest BCUT2D eigenvalue weighted by Gasteiger charge is 2.20. The van der Waals surface area contributed by atoms with Crippen molar-refractivity contribution >= 4 is 5.96 Å². The van der Waals surface area contributed by atoms with Crippen LogP contribution < -0.4 is 10.6 Å². The zero-order valence-electron chi connectivity index (χ0n) is 16.3. The molecule has 1 aromatic carbocycles. The fourth-order valence-corrected chi connectivity index (χ4v) is 3.26. The Morgan fingerprint density at radius 2 is 2.04 bits per heavy atom. The van der Waals surface area contributed by atoms with Gasteiger partial charge in [0.25, 0.3) is 0 Å².